The predicted molar refractivity (Wildman–Crippen MR) is 76.2 cm³/mol. The summed E-state index contributed by atoms with van der Waals surface area (Å²) in [6.07, 6.45) is 0.728. The first-order valence-electron chi connectivity index (χ1n) is 7.33. The maximum atomic E-state index is 13.5. The number of alkyl halides is 2. The number of hydrogen-bond acceptors (Lipinski definition) is 6. The molecule has 2 fully saturated rings. The summed E-state index contributed by atoms with van der Waals surface area (Å²) < 4.78 is 35.3. The van der Waals surface area contributed by atoms with Gasteiger partial charge in [-0.15, -0.1) is 0 Å². The lowest BCUT2D eigenvalue weighted by molar-refractivity contribution is -0.164. The number of methoxy groups -OCH3 is 2. The van der Waals surface area contributed by atoms with E-state index in [1.165, 1.54) is 0 Å². The van der Waals surface area contributed by atoms with Gasteiger partial charge in [0, 0.05) is 25.9 Å². The Morgan fingerprint density at radius 2 is 1.21 bits per heavy atom. The van der Waals surface area contributed by atoms with Crippen molar-refractivity contribution in [3.8, 4) is 0 Å². The van der Waals surface area contributed by atoms with Gasteiger partial charge in [0.1, 0.15) is 0 Å². The van der Waals surface area contributed by atoms with Crippen molar-refractivity contribution in [2.75, 3.05) is 27.3 Å². The molecule has 0 aromatic heterocycles. The van der Waals surface area contributed by atoms with Crippen molar-refractivity contribution < 1.29 is 37.4 Å². The standard InChI is InChI=1S/2C7H10FNO3/c2*1-12-6(11)7(8)3-2-4-9-5(7)10/h2*2-4H2,1H3,(H,9,10)/t2*7-/m11/s1. The van der Waals surface area contributed by atoms with Gasteiger partial charge in [0.2, 0.25) is 0 Å². The number of nitrogens with one attached hydrogen (secondary N) is 2. The van der Waals surface area contributed by atoms with Crippen molar-refractivity contribution in [2.45, 2.75) is 37.0 Å². The largest absolute Gasteiger partial charge is 0.466 e. The number of amides is 2. The fourth-order valence-corrected chi connectivity index (χ4v) is 2.29. The van der Waals surface area contributed by atoms with Crippen molar-refractivity contribution in [3.63, 3.8) is 0 Å². The normalized spacial score (nSPS) is 29.3. The molecule has 136 valence electrons. The molecule has 0 radical (unpaired) electrons. The second-order valence-electron chi connectivity index (χ2n) is 5.30. The molecule has 0 unspecified atom stereocenters. The molecule has 2 saturated heterocycles. The molecule has 0 bridgehead atoms. The maximum Gasteiger partial charge on any atom is 0.353 e. The molecule has 0 aromatic carbocycles. The zero-order valence-corrected chi connectivity index (χ0v) is 13.4. The molecule has 0 saturated carbocycles. The van der Waals surface area contributed by atoms with Gasteiger partial charge in [0.05, 0.1) is 14.2 Å². The van der Waals surface area contributed by atoms with Crippen LogP contribution in [-0.2, 0) is 28.7 Å². The van der Waals surface area contributed by atoms with Crippen molar-refractivity contribution in [1.82, 2.24) is 10.6 Å². The van der Waals surface area contributed by atoms with Crippen LogP contribution < -0.4 is 10.6 Å². The second-order valence-corrected chi connectivity index (χ2v) is 5.30. The summed E-state index contributed by atoms with van der Waals surface area (Å²) in [5, 5.41) is 4.55. The van der Waals surface area contributed by atoms with Crippen LogP contribution in [0, 0.1) is 0 Å². The van der Waals surface area contributed by atoms with E-state index in [0.717, 1.165) is 14.2 Å². The average molecular weight is 350 g/mol. The number of piperidine rings is 2. The Hall–Kier alpha value is -2.26. The topological polar surface area (TPSA) is 111 Å². The summed E-state index contributed by atoms with van der Waals surface area (Å²) in [5.41, 5.74) is -4.93. The molecule has 8 nitrogen and oxygen atoms in total. The number of rotatable bonds is 2. The van der Waals surface area contributed by atoms with Crippen molar-refractivity contribution >= 4 is 23.8 Å². The summed E-state index contributed by atoms with van der Waals surface area (Å²) in [6.45, 7) is 0.836. The fraction of sp³-hybridized carbons (Fsp3) is 0.714. The Morgan fingerprint density at radius 1 is 0.875 bits per heavy atom. The molecule has 2 N–H and O–H groups in total. The van der Waals surface area contributed by atoms with Gasteiger partial charge in [0.15, 0.2) is 0 Å². The third-order valence-corrected chi connectivity index (χ3v) is 3.70. The summed E-state index contributed by atoms with van der Waals surface area (Å²) >= 11 is 0. The molecule has 0 aliphatic carbocycles. The minimum atomic E-state index is -2.47. The quantitative estimate of drug-likeness (QED) is 0.516. The lowest BCUT2D eigenvalue weighted by Gasteiger charge is -2.25. The summed E-state index contributed by atoms with van der Waals surface area (Å²) in [5.74, 6) is -4.00. The van der Waals surface area contributed by atoms with Crippen molar-refractivity contribution in [1.29, 1.82) is 0 Å². The van der Waals surface area contributed by atoms with E-state index < -0.39 is 35.1 Å². The average Bonchev–Trinajstić information content (AvgIpc) is 2.59. The van der Waals surface area contributed by atoms with E-state index in [-0.39, 0.29) is 12.8 Å². The Kier molecular flexibility index (Phi) is 6.61. The number of halogens is 2. The zero-order chi connectivity index (χ0) is 18.4. The highest BCUT2D eigenvalue weighted by Crippen LogP contribution is 2.24. The van der Waals surface area contributed by atoms with E-state index in [9.17, 15) is 28.0 Å². The van der Waals surface area contributed by atoms with Gasteiger partial charge >= 0.3 is 11.9 Å². The van der Waals surface area contributed by atoms with Crippen LogP contribution in [0.15, 0.2) is 0 Å². The number of carbonyl (C=O) groups is 4. The maximum absolute atomic E-state index is 13.5. The first kappa shape index (κ1) is 19.8. The Labute approximate surface area is 137 Å². The van der Waals surface area contributed by atoms with E-state index in [2.05, 4.69) is 20.1 Å². The summed E-state index contributed by atoms with van der Waals surface area (Å²) in [4.78, 5) is 43.5. The van der Waals surface area contributed by atoms with Gasteiger partial charge in [-0.1, -0.05) is 0 Å². The SMILES string of the molecule is COC(=O)[C@@]1(F)CCCNC1=O.COC(=O)[C@@]1(F)CCCNC1=O. The van der Waals surface area contributed by atoms with E-state index in [0.29, 0.717) is 25.9 Å². The molecule has 2 aliphatic heterocycles. The van der Waals surface area contributed by atoms with Crippen LogP contribution in [0.4, 0.5) is 8.78 Å². The third kappa shape index (κ3) is 3.98. The Morgan fingerprint density at radius 3 is 1.46 bits per heavy atom. The van der Waals surface area contributed by atoms with Crippen LogP contribution in [-0.4, -0.2) is 62.4 Å². The molecule has 2 rings (SSSR count). The highest BCUT2D eigenvalue weighted by atomic mass is 19.1. The molecule has 10 heteroatoms. The molecular formula is C14H20F2N2O6. The number of ether oxygens (including phenoxy) is 2. The summed E-state index contributed by atoms with van der Waals surface area (Å²) in [6, 6.07) is 0. The van der Waals surface area contributed by atoms with Crippen molar-refractivity contribution in [3.05, 3.63) is 0 Å². The van der Waals surface area contributed by atoms with E-state index >= 15 is 0 Å². The van der Waals surface area contributed by atoms with E-state index in [4.69, 9.17) is 0 Å². The van der Waals surface area contributed by atoms with Crippen LogP contribution in [0.2, 0.25) is 0 Å². The van der Waals surface area contributed by atoms with Gasteiger partial charge in [-0.05, 0) is 12.8 Å². The van der Waals surface area contributed by atoms with Crippen LogP contribution in [0.5, 0.6) is 0 Å². The zero-order valence-electron chi connectivity index (χ0n) is 13.4. The molecule has 2 amide bonds. The minimum absolute atomic E-state index is 0.0918. The number of carbonyl (C=O) groups excluding carboxylic acids is 4. The highest BCUT2D eigenvalue weighted by molar-refractivity contribution is 6.07. The fourth-order valence-electron chi connectivity index (χ4n) is 2.29. The van der Waals surface area contributed by atoms with Crippen LogP contribution in [0.25, 0.3) is 0 Å². The van der Waals surface area contributed by atoms with Gasteiger partial charge < -0.3 is 20.1 Å². The van der Waals surface area contributed by atoms with Crippen molar-refractivity contribution in [2.24, 2.45) is 0 Å². The Balaban J connectivity index is 0.000000240. The molecule has 0 spiro atoms. The Bertz CT molecular complexity index is 463. The second kappa shape index (κ2) is 8.02. The number of hydrogen-bond donors (Lipinski definition) is 2. The highest BCUT2D eigenvalue weighted by Gasteiger charge is 2.49. The predicted octanol–water partition coefficient (Wildman–Crippen LogP) is -0.445. The molecule has 24 heavy (non-hydrogen) atoms. The van der Waals surface area contributed by atoms with E-state index in [1.807, 2.05) is 0 Å². The molecule has 2 aliphatic rings. The van der Waals surface area contributed by atoms with Gasteiger partial charge in [0.25, 0.3) is 23.2 Å². The first-order chi connectivity index (χ1) is 11.2. The first-order valence-corrected chi connectivity index (χ1v) is 7.33. The third-order valence-electron chi connectivity index (χ3n) is 3.70. The number of esters is 2. The van der Waals surface area contributed by atoms with Gasteiger partial charge in [-0.3, -0.25) is 9.59 Å². The molecule has 0 aromatic rings. The molecular weight excluding hydrogens is 330 g/mol. The van der Waals surface area contributed by atoms with Crippen LogP contribution in [0.3, 0.4) is 0 Å². The van der Waals surface area contributed by atoms with Gasteiger partial charge in [-0.2, -0.15) is 0 Å². The molecule has 2 heterocycles. The van der Waals surface area contributed by atoms with Crippen LogP contribution >= 0.6 is 0 Å². The van der Waals surface area contributed by atoms with Crippen LogP contribution in [0.1, 0.15) is 25.7 Å². The lowest BCUT2D eigenvalue weighted by Crippen LogP contribution is -2.53. The minimum Gasteiger partial charge on any atom is -0.466 e. The lowest BCUT2D eigenvalue weighted by atomic mass is 9.95. The van der Waals surface area contributed by atoms with E-state index in [1.54, 1.807) is 0 Å². The summed E-state index contributed by atoms with van der Waals surface area (Å²) in [7, 11) is 2.12. The van der Waals surface area contributed by atoms with Gasteiger partial charge in [-0.25, -0.2) is 18.4 Å². The monoisotopic (exact) mass is 350 g/mol. The molecule has 2 atom stereocenters. The smallest absolute Gasteiger partial charge is 0.353 e.